The van der Waals surface area contributed by atoms with Crippen molar-refractivity contribution in [3.05, 3.63) is 36.0 Å². The molecule has 6 nitrogen and oxygen atoms in total. The fourth-order valence-electron chi connectivity index (χ4n) is 2.84. The highest BCUT2D eigenvalue weighted by atomic mass is 32.1. The molecule has 2 aromatic heterocycles. The van der Waals surface area contributed by atoms with Crippen LogP contribution in [0.25, 0.3) is 10.1 Å². The largest absolute Gasteiger partial charge is 0.470 e. The third-order valence-electron chi connectivity index (χ3n) is 4.10. The topological polar surface area (TPSA) is 58.3 Å². The number of hydrogen-bond donors (Lipinski definition) is 0. The summed E-state index contributed by atoms with van der Waals surface area (Å²) < 4.78 is 47.9. The van der Waals surface area contributed by atoms with Crippen LogP contribution in [0.2, 0.25) is 0 Å². The lowest BCUT2D eigenvalue weighted by Gasteiger charge is -2.34. The zero-order chi connectivity index (χ0) is 17.4. The van der Waals surface area contributed by atoms with Gasteiger partial charge in [0.05, 0.1) is 11.2 Å². The molecule has 1 saturated heterocycles. The molecule has 4 rings (SSSR count). The molecule has 0 saturated carbocycles. The fourth-order valence-corrected chi connectivity index (χ4v) is 3.64. The van der Waals surface area contributed by atoms with Crippen molar-refractivity contribution in [3.8, 4) is 0 Å². The molecule has 0 radical (unpaired) electrons. The second-order valence-electron chi connectivity index (χ2n) is 5.76. The normalized spacial score (nSPS) is 16.7. The van der Waals surface area contributed by atoms with Crippen molar-refractivity contribution in [2.75, 3.05) is 31.1 Å². The second kappa shape index (κ2) is 6.26. The van der Waals surface area contributed by atoms with Crippen LogP contribution in [0.1, 0.15) is 11.8 Å². The molecule has 1 aliphatic rings. The number of fused-ring (bicyclic) bond motifs is 1. The van der Waals surface area contributed by atoms with E-state index >= 15 is 0 Å². The summed E-state index contributed by atoms with van der Waals surface area (Å²) in [6.45, 7) is 3.09. The zero-order valence-corrected chi connectivity index (χ0v) is 13.8. The smallest absolute Gasteiger partial charge is 0.416 e. The molecular formula is C15H14F3N5OS. The van der Waals surface area contributed by atoms with Crippen LogP contribution in [0, 0.1) is 0 Å². The minimum atomic E-state index is -4.60. The predicted octanol–water partition coefficient (Wildman–Crippen LogP) is 3.02. The monoisotopic (exact) mass is 369 g/mol. The Morgan fingerprint density at radius 2 is 1.84 bits per heavy atom. The van der Waals surface area contributed by atoms with E-state index in [2.05, 4.69) is 25.5 Å². The number of alkyl halides is 3. The molecule has 0 atom stereocenters. The summed E-state index contributed by atoms with van der Waals surface area (Å²) in [7, 11) is 0. The number of piperazine rings is 1. The lowest BCUT2D eigenvalue weighted by Crippen LogP contribution is -2.46. The van der Waals surface area contributed by atoms with Crippen molar-refractivity contribution >= 4 is 27.4 Å². The van der Waals surface area contributed by atoms with E-state index in [9.17, 15) is 13.2 Å². The average molecular weight is 369 g/mol. The first-order valence-corrected chi connectivity index (χ1v) is 8.49. The number of nitrogens with zero attached hydrogens (tertiary/aromatic N) is 5. The number of anilines is 1. The van der Waals surface area contributed by atoms with Crippen molar-refractivity contribution in [2.45, 2.75) is 12.7 Å². The van der Waals surface area contributed by atoms with Crippen LogP contribution in [0.15, 0.2) is 28.7 Å². The Morgan fingerprint density at radius 1 is 1.08 bits per heavy atom. The third kappa shape index (κ3) is 3.31. The first kappa shape index (κ1) is 16.3. The minimum Gasteiger partial charge on any atom is -0.416 e. The Hall–Kier alpha value is -2.20. The van der Waals surface area contributed by atoms with Crippen molar-refractivity contribution in [1.29, 1.82) is 0 Å². The maximum absolute atomic E-state index is 12.5. The second-order valence-corrected chi connectivity index (χ2v) is 6.57. The highest BCUT2D eigenvalue weighted by molar-refractivity contribution is 7.13. The van der Waals surface area contributed by atoms with Gasteiger partial charge in [-0.15, -0.1) is 10.2 Å². The van der Waals surface area contributed by atoms with E-state index in [1.165, 1.54) is 11.5 Å². The summed E-state index contributed by atoms with van der Waals surface area (Å²) in [5, 5.41) is 7.67. The van der Waals surface area contributed by atoms with Crippen LogP contribution in [0.5, 0.6) is 0 Å². The number of hydrogen-bond acceptors (Lipinski definition) is 7. The molecule has 0 spiro atoms. The summed E-state index contributed by atoms with van der Waals surface area (Å²) in [4.78, 5) is 4.20. The Labute approximate surface area is 145 Å². The quantitative estimate of drug-likeness (QED) is 0.707. The number of rotatable bonds is 3. The highest BCUT2D eigenvalue weighted by Gasteiger charge is 2.38. The molecule has 132 valence electrons. The molecular weight excluding hydrogens is 355 g/mol. The van der Waals surface area contributed by atoms with Gasteiger partial charge in [-0.3, -0.25) is 4.90 Å². The van der Waals surface area contributed by atoms with Gasteiger partial charge in [-0.25, -0.2) is 0 Å². The molecule has 1 aromatic carbocycles. The van der Waals surface area contributed by atoms with Crippen LogP contribution < -0.4 is 4.90 Å². The summed E-state index contributed by atoms with van der Waals surface area (Å²) >= 11 is 1.47. The van der Waals surface area contributed by atoms with Gasteiger partial charge in [-0.1, -0.05) is 12.1 Å². The Bertz CT molecular complexity index is 869. The van der Waals surface area contributed by atoms with E-state index in [0.29, 0.717) is 13.1 Å². The maximum atomic E-state index is 12.5. The lowest BCUT2D eigenvalue weighted by molar-refractivity contribution is -0.157. The molecule has 3 heterocycles. The third-order valence-corrected chi connectivity index (χ3v) is 4.92. The van der Waals surface area contributed by atoms with Crippen molar-refractivity contribution in [3.63, 3.8) is 0 Å². The van der Waals surface area contributed by atoms with Gasteiger partial charge >= 0.3 is 12.1 Å². The first-order chi connectivity index (χ1) is 12.0. The minimum absolute atomic E-state index is 0.0140. The summed E-state index contributed by atoms with van der Waals surface area (Å²) in [5.41, 5.74) is 0. The van der Waals surface area contributed by atoms with Gasteiger partial charge in [0.1, 0.15) is 5.82 Å². The Morgan fingerprint density at radius 3 is 2.56 bits per heavy atom. The van der Waals surface area contributed by atoms with Crippen LogP contribution in [0.3, 0.4) is 0 Å². The van der Waals surface area contributed by atoms with Crippen LogP contribution in [0.4, 0.5) is 19.0 Å². The lowest BCUT2D eigenvalue weighted by atomic mass is 10.2. The molecule has 0 amide bonds. The van der Waals surface area contributed by atoms with E-state index in [-0.39, 0.29) is 12.4 Å². The molecule has 1 aliphatic heterocycles. The summed E-state index contributed by atoms with van der Waals surface area (Å²) in [6, 6.07) is 8.07. The predicted molar refractivity (Wildman–Crippen MR) is 86.4 cm³/mol. The Balaban J connectivity index is 1.39. The van der Waals surface area contributed by atoms with Crippen LogP contribution >= 0.6 is 11.5 Å². The molecule has 3 aromatic rings. The zero-order valence-electron chi connectivity index (χ0n) is 13.0. The molecule has 1 fully saturated rings. The van der Waals surface area contributed by atoms with Gasteiger partial charge in [0, 0.05) is 31.6 Å². The average Bonchev–Trinajstić information content (AvgIpc) is 3.22. The molecule has 10 heteroatoms. The van der Waals surface area contributed by atoms with Gasteiger partial charge in [-0.05, 0) is 23.7 Å². The van der Waals surface area contributed by atoms with Crippen molar-refractivity contribution in [1.82, 2.24) is 19.5 Å². The van der Waals surface area contributed by atoms with E-state index < -0.39 is 12.1 Å². The SMILES string of the molecule is FC(F)(F)c1nnc(CN2CCN(c3nsc4ccccc34)CC2)o1. The molecule has 0 N–H and O–H groups in total. The van der Waals surface area contributed by atoms with E-state index in [1.54, 1.807) is 0 Å². The Kier molecular flexibility index (Phi) is 4.08. The van der Waals surface area contributed by atoms with Crippen molar-refractivity contribution in [2.24, 2.45) is 0 Å². The van der Waals surface area contributed by atoms with Gasteiger partial charge in [-0.2, -0.15) is 17.5 Å². The number of halogens is 3. The summed E-state index contributed by atoms with van der Waals surface area (Å²) in [5.74, 6) is -0.340. The van der Waals surface area contributed by atoms with Crippen LogP contribution in [-0.4, -0.2) is 45.6 Å². The maximum Gasteiger partial charge on any atom is 0.470 e. The standard InChI is InChI=1S/C15H14F3N5OS/c16-15(17,18)14-20-19-12(24-14)9-22-5-7-23(8-6-22)13-10-3-1-2-4-11(10)25-21-13/h1-4H,5-9H2. The summed E-state index contributed by atoms with van der Waals surface area (Å²) in [6.07, 6.45) is -4.60. The van der Waals surface area contributed by atoms with Gasteiger partial charge in [0.2, 0.25) is 5.89 Å². The number of aromatic nitrogens is 3. The highest BCUT2D eigenvalue weighted by Crippen LogP contribution is 2.30. The van der Waals surface area contributed by atoms with E-state index in [1.807, 2.05) is 23.1 Å². The van der Waals surface area contributed by atoms with Gasteiger partial charge in [0.25, 0.3) is 0 Å². The fraction of sp³-hybridized carbons (Fsp3) is 0.400. The van der Waals surface area contributed by atoms with E-state index in [4.69, 9.17) is 4.42 Å². The van der Waals surface area contributed by atoms with Gasteiger partial charge < -0.3 is 9.32 Å². The molecule has 25 heavy (non-hydrogen) atoms. The molecule has 0 aliphatic carbocycles. The van der Waals surface area contributed by atoms with Crippen LogP contribution in [-0.2, 0) is 12.7 Å². The van der Waals surface area contributed by atoms with Crippen molar-refractivity contribution < 1.29 is 17.6 Å². The molecule has 0 bridgehead atoms. The van der Waals surface area contributed by atoms with Gasteiger partial charge in [0.15, 0.2) is 0 Å². The molecule has 0 unspecified atom stereocenters. The van der Waals surface area contributed by atoms with E-state index in [0.717, 1.165) is 29.0 Å². The first-order valence-electron chi connectivity index (χ1n) is 7.72. The number of benzene rings is 1.